The normalized spacial score (nSPS) is 10.1. The van der Waals surface area contributed by atoms with Crippen LogP contribution in [0.25, 0.3) is 0 Å². The molecule has 82 valence electrons. The van der Waals surface area contributed by atoms with Crippen LogP contribution >= 0.6 is 0 Å². The average molecular weight is 220 g/mol. The minimum Gasteiger partial charge on any atom is -0.399 e. The topological polar surface area (TPSA) is 38.0 Å². The predicted molar refractivity (Wildman–Crippen MR) is 60.5 cm³/mol. The number of nitrogen functional groups attached to an aromatic ring is 1. The van der Waals surface area contributed by atoms with Gasteiger partial charge in [-0.05, 0) is 36.4 Å². The molecule has 0 heterocycles. The quantitative estimate of drug-likeness (QED) is 0.762. The summed E-state index contributed by atoms with van der Waals surface area (Å²) in [7, 11) is 0. The summed E-state index contributed by atoms with van der Waals surface area (Å²) in [6, 6.07) is 10.7. The van der Waals surface area contributed by atoms with Gasteiger partial charge in [0, 0.05) is 11.4 Å². The lowest BCUT2D eigenvalue weighted by molar-refractivity contribution is 0.512. The van der Waals surface area contributed by atoms with Gasteiger partial charge < -0.3 is 11.1 Å². The average Bonchev–Trinajstić information content (AvgIpc) is 2.28. The van der Waals surface area contributed by atoms with Crippen LogP contribution in [0, 0.1) is 11.6 Å². The van der Waals surface area contributed by atoms with Crippen molar-refractivity contribution in [1.82, 2.24) is 0 Å². The summed E-state index contributed by atoms with van der Waals surface area (Å²) >= 11 is 0. The van der Waals surface area contributed by atoms with Crippen LogP contribution < -0.4 is 11.1 Å². The van der Waals surface area contributed by atoms with Crippen molar-refractivity contribution in [1.29, 1.82) is 0 Å². The summed E-state index contributed by atoms with van der Waals surface area (Å²) in [5.74, 6) is -1.76. The van der Waals surface area contributed by atoms with Gasteiger partial charge in [-0.15, -0.1) is 0 Å². The highest BCUT2D eigenvalue weighted by Gasteiger charge is 2.06. The number of nitrogens with one attached hydrogen (secondary N) is 1. The van der Waals surface area contributed by atoms with Crippen molar-refractivity contribution in [3.05, 3.63) is 54.1 Å². The Morgan fingerprint density at radius 2 is 1.62 bits per heavy atom. The van der Waals surface area contributed by atoms with Crippen LogP contribution in [0.5, 0.6) is 0 Å². The Morgan fingerprint density at radius 1 is 0.938 bits per heavy atom. The molecule has 0 unspecified atom stereocenters. The maximum atomic E-state index is 13.3. The predicted octanol–water partition coefficient (Wildman–Crippen LogP) is 3.29. The molecule has 0 aliphatic rings. The van der Waals surface area contributed by atoms with E-state index in [0.717, 1.165) is 6.07 Å². The van der Waals surface area contributed by atoms with Crippen molar-refractivity contribution in [2.24, 2.45) is 0 Å². The highest BCUT2D eigenvalue weighted by Crippen LogP contribution is 2.22. The fourth-order valence-electron chi connectivity index (χ4n) is 1.32. The van der Waals surface area contributed by atoms with Crippen LogP contribution in [0.1, 0.15) is 0 Å². The van der Waals surface area contributed by atoms with Gasteiger partial charge in [-0.2, -0.15) is 0 Å². The van der Waals surface area contributed by atoms with Gasteiger partial charge in [-0.3, -0.25) is 0 Å². The molecule has 0 fully saturated rings. The second-order valence-corrected chi connectivity index (χ2v) is 3.35. The van der Waals surface area contributed by atoms with E-state index in [0.29, 0.717) is 11.4 Å². The van der Waals surface area contributed by atoms with Crippen molar-refractivity contribution in [3.8, 4) is 0 Å². The summed E-state index contributed by atoms with van der Waals surface area (Å²) in [6.07, 6.45) is 0. The van der Waals surface area contributed by atoms with E-state index in [-0.39, 0.29) is 5.69 Å². The third kappa shape index (κ3) is 2.11. The van der Waals surface area contributed by atoms with E-state index in [1.165, 1.54) is 12.1 Å². The van der Waals surface area contributed by atoms with E-state index in [1.54, 1.807) is 24.3 Å². The second-order valence-electron chi connectivity index (χ2n) is 3.35. The number of hydrogen-bond donors (Lipinski definition) is 2. The van der Waals surface area contributed by atoms with Gasteiger partial charge in [-0.25, -0.2) is 8.78 Å². The molecule has 0 aliphatic heterocycles. The Hall–Kier alpha value is -2.10. The molecule has 2 aromatic rings. The minimum atomic E-state index is -0.890. The van der Waals surface area contributed by atoms with Gasteiger partial charge in [0.2, 0.25) is 0 Å². The van der Waals surface area contributed by atoms with Gasteiger partial charge in [0.1, 0.15) is 0 Å². The van der Waals surface area contributed by atoms with Crippen molar-refractivity contribution >= 4 is 17.1 Å². The molecule has 0 amide bonds. The minimum absolute atomic E-state index is 0.102. The zero-order valence-corrected chi connectivity index (χ0v) is 8.37. The zero-order chi connectivity index (χ0) is 11.5. The Balaban J connectivity index is 2.27. The summed E-state index contributed by atoms with van der Waals surface area (Å²) in [6.45, 7) is 0. The zero-order valence-electron chi connectivity index (χ0n) is 8.37. The van der Waals surface area contributed by atoms with E-state index >= 15 is 0 Å². The third-order valence-corrected chi connectivity index (χ3v) is 2.14. The second kappa shape index (κ2) is 4.18. The first-order chi connectivity index (χ1) is 7.66. The molecule has 16 heavy (non-hydrogen) atoms. The van der Waals surface area contributed by atoms with Crippen LogP contribution in [0.2, 0.25) is 0 Å². The van der Waals surface area contributed by atoms with Crippen molar-refractivity contribution in [2.45, 2.75) is 0 Å². The van der Waals surface area contributed by atoms with Crippen LogP contribution in [-0.2, 0) is 0 Å². The molecule has 0 saturated carbocycles. The van der Waals surface area contributed by atoms with Gasteiger partial charge in [0.15, 0.2) is 11.6 Å². The molecule has 0 aliphatic carbocycles. The molecule has 2 rings (SSSR count). The first kappa shape index (κ1) is 10.4. The van der Waals surface area contributed by atoms with Gasteiger partial charge >= 0.3 is 0 Å². The van der Waals surface area contributed by atoms with Crippen molar-refractivity contribution in [3.63, 3.8) is 0 Å². The first-order valence-electron chi connectivity index (χ1n) is 4.73. The maximum absolute atomic E-state index is 13.3. The van der Waals surface area contributed by atoms with Gasteiger partial charge in [0.05, 0.1) is 5.69 Å². The van der Waals surface area contributed by atoms with Crippen LogP contribution in [-0.4, -0.2) is 0 Å². The smallest absolute Gasteiger partial charge is 0.182 e. The molecule has 4 heteroatoms. The largest absolute Gasteiger partial charge is 0.399 e. The van der Waals surface area contributed by atoms with Crippen molar-refractivity contribution in [2.75, 3.05) is 11.1 Å². The molecular formula is C12H10F2N2. The third-order valence-electron chi connectivity index (χ3n) is 2.14. The van der Waals surface area contributed by atoms with E-state index in [1.807, 2.05) is 0 Å². The first-order valence-corrected chi connectivity index (χ1v) is 4.73. The molecule has 0 spiro atoms. The molecule has 0 bridgehead atoms. The number of rotatable bonds is 2. The fourth-order valence-corrected chi connectivity index (χ4v) is 1.32. The lowest BCUT2D eigenvalue weighted by Crippen LogP contribution is -1.96. The molecular weight excluding hydrogens is 210 g/mol. The number of anilines is 3. The number of nitrogens with two attached hydrogens (primary N) is 1. The Kier molecular flexibility index (Phi) is 2.72. The Bertz CT molecular complexity index is 495. The fraction of sp³-hybridized carbons (Fsp3) is 0. The highest BCUT2D eigenvalue weighted by atomic mass is 19.2. The van der Waals surface area contributed by atoms with Gasteiger partial charge in [0.25, 0.3) is 0 Å². The van der Waals surface area contributed by atoms with Crippen LogP contribution in [0.4, 0.5) is 25.8 Å². The Morgan fingerprint density at radius 3 is 2.31 bits per heavy atom. The van der Waals surface area contributed by atoms with Crippen LogP contribution in [0.15, 0.2) is 42.5 Å². The molecule has 0 aromatic heterocycles. The number of hydrogen-bond acceptors (Lipinski definition) is 2. The SMILES string of the molecule is Nc1ccc(Nc2cccc(F)c2F)cc1. The van der Waals surface area contributed by atoms with E-state index in [4.69, 9.17) is 5.73 Å². The molecule has 2 nitrogen and oxygen atoms in total. The maximum Gasteiger partial charge on any atom is 0.182 e. The summed E-state index contributed by atoms with van der Waals surface area (Å²) in [4.78, 5) is 0. The number of halogens is 2. The molecule has 0 atom stereocenters. The molecule has 3 N–H and O–H groups in total. The molecule has 2 aromatic carbocycles. The molecule has 0 saturated heterocycles. The van der Waals surface area contributed by atoms with E-state index < -0.39 is 11.6 Å². The summed E-state index contributed by atoms with van der Waals surface area (Å²) in [5, 5.41) is 2.77. The lowest BCUT2D eigenvalue weighted by Gasteiger charge is -2.07. The van der Waals surface area contributed by atoms with E-state index in [2.05, 4.69) is 5.32 Å². The standard InChI is InChI=1S/C12H10F2N2/c13-10-2-1-3-11(12(10)14)16-9-6-4-8(15)5-7-9/h1-7,16H,15H2. The monoisotopic (exact) mass is 220 g/mol. The Labute approximate surface area is 91.7 Å². The van der Waals surface area contributed by atoms with E-state index in [9.17, 15) is 8.78 Å². The lowest BCUT2D eigenvalue weighted by atomic mass is 10.2. The highest BCUT2D eigenvalue weighted by molar-refractivity contribution is 5.62. The summed E-state index contributed by atoms with van der Waals surface area (Å²) < 4.78 is 26.2. The summed E-state index contributed by atoms with van der Waals surface area (Å²) in [5.41, 5.74) is 6.88. The van der Waals surface area contributed by atoms with Gasteiger partial charge in [-0.1, -0.05) is 6.07 Å². The number of benzene rings is 2. The van der Waals surface area contributed by atoms with Crippen molar-refractivity contribution < 1.29 is 8.78 Å². The van der Waals surface area contributed by atoms with Crippen LogP contribution in [0.3, 0.4) is 0 Å². The molecule has 0 radical (unpaired) electrons.